The van der Waals surface area contributed by atoms with Crippen LogP contribution in [0, 0.1) is 23.7 Å². The molecule has 3 atom stereocenters. The van der Waals surface area contributed by atoms with Gasteiger partial charge in [0.15, 0.2) is 0 Å². The van der Waals surface area contributed by atoms with E-state index in [2.05, 4.69) is 38.1 Å². The fourth-order valence-corrected chi connectivity index (χ4v) is 9.64. The minimum atomic E-state index is -1.32. The van der Waals surface area contributed by atoms with Gasteiger partial charge < -0.3 is 61.0 Å². The van der Waals surface area contributed by atoms with E-state index in [-0.39, 0.29) is 83.0 Å². The van der Waals surface area contributed by atoms with E-state index in [0.717, 1.165) is 49.9 Å². The lowest BCUT2D eigenvalue weighted by atomic mass is 9.92. The molecule has 75 heavy (non-hydrogen) atoms. The summed E-state index contributed by atoms with van der Waals surface area (Å²) in [5.41, 5.74) is 2.82. The van der Waals surface area contributed by atoms with E-state index in [1.165, 1.54) is 6.20 Å². The number of aromatic nitrogens is 1. The zero-order chi connectivity index (χ0) is 54.1. The number of pyridine rings is 1. The fourth-order valence-electron chi connectivity index (χ4n) is 9.64. The molecule has 4 heterocycles. The van der Waals surface area contributed by atoms with Gasteiger partial charge in [-0.2, -0.15) is 0 Å². The Kier molecular flexibility index (Phi) is 24.8. The maximum Gasteiger partial charge on any atom is 0.305 e. The SMILES string of the molecule is CC(C(=O)NCC(=O)NCCCCc1cccc(C#Cc2cncc([C@H](CC(=O)O)NC(=O)[C@@H]3CCCN(C(=O)CCC4CCNCC4)C3)c2)c1)N1CCN(CC(=O)[O-])CCN(CC(=O)[O-])CCN(CC(=O)[O-])CC1. The van der Waals surface area contributed by atoms with Gasteiger partial charge in [0, 0.05) is 122 Å². The molecule has 0 aliphatic carbocycles. The number of nitrogens with zero attached hydrogens (tertiary/aromatic N) is 6. The number of amides is 4. The first kappa shape index (κ1) is 59.4. The third-order valence-corrected chi connectivity index (χ3v) is 14.0. The minimum absolute atomic E-state index is 0.0602. The molecule has 3 aliphatic rings. The van der Waals surface area contributed by atoms with Crippen LogP contribution in [0.15, 0.2) is 42.7 Å². The minimum Gasteiger partial charge on any atom is -0.549 e. The number of hydrogen-bond acceptors (Lipinski definition) is 17. The highest BCUT2D eigenvalue weighted by Crippen LogP contribution is 2.24. The van der Waals surface area contributed by atoms with Crippen LogP contribution >= 0.6 is 0 Å². The lowest BCUT2D eigenvalue weighted by Gasteiger charge is -2.36. The second kappa shape index (κ2) is 31.4. The summed E-state index contributed by atoms with van der Waals surface area (Å²) in [6, 6.07) is 7.81. The van der Waals surface area contributed by atoms with Crippen LogP contribution in [0.3, 0.4) is 0 Å². The van der Waals surface area contributed by atoms with Crippen molar-refractivity contribution in [2.75, 3.05) is 111 Å². The van der Waals surface area contributed by atoms with Gasteiger partial charge in [0.1, 0.15) is 0 Å². The van der Waals surface area contributed by atoms with Crippen molar-refractivity contribution >= 4 is 47.5 Å². The zero-order valence-corrected chi connectivity index (χ0v) is 43.1. The van der Waals surface area contributed by atoms with E-state index in [0.29, 0.717) is 68.8 Å². The van der Waals surface area contributed by atoms with Crippen molar-refractivity contribution in [3.8, 4) is 11.8 Å². The van der Waals surface area contributed by atoms with Crippen LogP contribution < -0.4 is 36.6 Å². The number of unbranched alkanes of at least 4 members (excludes halogenated alkanes) is 1. The summed E-state index contributed by atoms with van der Waals surface area (Å²) in [5.74, 6) is 0.226. The number of nitrogens with one attached hydrogen (secondary N) is 4. The summed E-state index contributed by atoms with van der Waals surface area (Å²) in [6.07, 6.45) is 9.57. The summed E-state index contributed by atoms with van der Waals surface area (Å²) in [6.45, 7) is 4.78. The number of benzene rings is 1. The number of likely N-dealkylation sites (tertiary alicyclic amines) is 1. The van der Waals surface area contributed by atoms with Gasteiger partial charge in [-0.3, -0.25) is 48.6 Å². The van der Waals surface area contributed by atoms with Crippen molar-refractivity contribution < 1.29 is 58.8 Å². The first-order valence-electron chi connectivity index (χ1n) is 26.1. The largest absolute Gasteiger partial charge is 0.549 e. The van der Waals surface area contributed by atoms with Crippen molar-refractivity contribution in [2.45, 2.75) is 83.2 Å². The highest BCUT2D eigenvalue weighted by atomic mass is 16.4. The van der Waals surface area contributed by atoms with Crippen molar-refractivity contribution in [3.05, 3.63) is 65.0 Å². The maximum absolute atomic E-state index is 13.6. The number of carboxylic acid groups (broad SMARTS) is 4. The topological polar surface area (TPSA) is 303 Å². The molecule has 3 aliphatic heterocycles. The quantitative estimate of drug-likeness (QED) is 0.0534. The Balaban J connectivity index is 1.06. The van der Waals surface area contributed by atoms with Gasteiger partial charge in [0.05, 0.1) is 48.9 Å². The number of aliphatic carboxylic acids is 4. The lowest BCUT2D eigenvalue weighted by molar-refractivity contribution is -0.308. The van der Waals surface area contributed by atoms with Gasteiger partial charge in [-0.05, 0) is 107 Å². The number of hydrogen-bond donors (Lipinski definition) is 5. The van der Waals surface area contributed by atoms with E-state index in [4.69, 9.17) is 0 Å². The van der Waals surface area contributed by atoms with Crippen LogP contribution in [-0.4, -0.2) is 199 Å². The lowest BCUT2D eigenvalue weighted by Crippen LogP contribution is -2.54. The molecule has 22 heteroatoms. The smallest absolute Gasteiger partial charge is 0.305 e. The van der Waals surface area contributed by atoms with Gasteiger partial charge in [-0.1, -0.05) is 24.0 Å². The number of carbonyl (C=O) groups excluding carboxylic acids is 7. The molecular weight excluding hydrogens is 969 g/mol. The molecule has 0 radical (unpaired) electrons. The van der Waals surface area contributed by atoms with Crippen molar-refractivity contribution in [3.63, 3.8) is 0 Å². The molecule has 1 aromatic carbocycles. The average Bonchev–Trinajstić information content (AvgIpc) is 3.38. The second-order valence-corrected chi connectivity index (χ2v) is 19.7. The third-order valence-electron chi connectivity index (χ3n) is 14.0. The standard InChI is InChI=1S/C53H76N10O12/c1-38(62-26-24-60(36-50(70)71)22-20-59(35-49(68)69)21-23-61(25-27-62)37-51(72)73)52(74)57-33-46(64)56-16-3-2-6-40-7-4-8-41(28-40)10-11-42-29-44(32-55-31-42)45(30-48(66)67)58-53(75)43-9-5-19-63(34-43)47(65)13-12-39-14-17-54-18-15-39/h4,7-8,28-29,31-32,38-39,43,45,54H,2-3,5-6,9,12-27,30,33-37H2,1H3,(H,56,64)(H,57,74)(H,58,75)(H,66,67)(H,68,69)(H,70,71)(H,72,73)/p-3/t38?,43-,45+/m1/s1. The maximum atomic E-state index is 13.6. The van der Waals surface area contributed by atoms with Crippen LogP contribution in [0.5, 0.6) is 0 Å². The molecule has 410 valence electrons. The molecular formula is C53H73N10O12-3. The fraction of sp³-hybridized carbons (Fsp3) is 0.604. The number of carbonyl (C=O) groups is 8. The van der Waals surface area contributed by atoms with Crippen LogP contribution in [0.25, 0.3) is 0 Å². The average molecular weight is 1040 g/mol. The van der Waals surface area contributed by atoms with Gasteiger partial charge in [-0.15, -0.1) is 0 Å². The predicted molar refractivity (Wildman–Crippen MR) is 268 cm³/mol. The Morgan fingerprint density at radius 1 is 0.773 bits per heavy atom. The normalized spacial score (nSPS) is 18.7. The third kappa shape index (κ3) is 22.1. The molecule has 2 aromatic rings. The summed E-state index contributed by atoms with van der Waals surface area (Å²) < 4.78 is 0. The molecule has 0 saturated carbocycles. The van der Waals surface area contributed by atoms with E-state index in [9.17, 15) is 58.8 Å². The zero-order valence-electron chi connectivity index (χ0n) is 43.1. The highest BCUT2D eigenvalue weighted by Gasteiger charge is 2.31. The molecule has 0 bridgehead atoms. The van der Waals surface area contributed by atoms with Crippen molar-refractivity contribution in [1.29, 1.82) is 0 Å². The Hall–Kier alpha value is -6.51. The molecule has 4 amide bonds. The van der Waals surface area contributed by atoms with Gasteiger partial charge >= 0.3 is 5.97 Å². The number of piperidine rings is 2. The van der Waals surface area contributed by atoms with Crippen molar-refractivity contribution in [2.24, 2.45) is 11.8 Å². The number of rotatable bonds is 23. The monoisotopic (exact) mass is 1040 g/mol. The number of aryl methyl sites for hydroxylation is 1. The van der Waals surface area contributed by atoms with Crippen LogP contribution in [0.1, 0.15) is 93.0 Å². The van der Waals surface area contributed by atoms with Crippen LogP contribution in [0.4, 0.5) is 0 Å². The Bertz CT molecular complexity index is 2290. The molecule has 1 aromatic heterocycles. The number of carboxylic acids is 4. The molecule has 0 spiro atoms. The predicted octanol–water partition coefficient (Wildman–Crippen LogP) is -3.45. The summed E-state index contributed by atoms with van der Waals surface area (Å²) in [7, 11) is 0. The molecule has 22 nitrogen and oxygen atoms in total. The summed E-state index contributed by atoms with van der Waals surface area (Å²) >= 11 is 0. The first-order valence-corrected chi connectivity index (χ1v) is 26.1. The summed E-state index contributed by atoms with van der Waals surface area (Å²) in [4.78, 5) is 112. The molecule has 1 unspecified atom stereocenters. The highest BCUT2D eigenvalue weighted by molar-refractivity contribution is 5.87. The molecule has 3 saturated heterocycles. The van der Waals surface area contributed by atoms with E-state index < -0.39 is 67.4 Å². The van der Waals surface area contributed by atoms with Gasteiger partial charge in [0.25, 0.3) is 0 Å². The van der Waals surface area contributed by atoms with E-state index in [1.807, 2.05) is 24.3 Å². The first-order chi connectivity index (χ1) is 36.0. The Labute approximate surface area is 438 Å². The van der Waals surface area contributed by atoms with Gasteiger partial charge in [-0.25, -0.2) is 0 Å². The van der Waals surface area contributed by atoms with E-state index >= 15 is 0 Å². The second-order valence-electron chi connectivity index (χ2n) is 19.7. The van der Waals surface area contributed by atoms with E-state index in [1.54, 1.807) is 43.7 Å². The Morgan fingerprint density at radius 2 is 1.40 bits per heavy atom. The molecule has 5 rings (SSSR count). The van der Waals surface area contributed by atoms with Crippen LogP contribution in [-0.2, 0) is 44.8 Å². The van der Waals surface area contributed by atoms with Crippen LogP contribution in [0.2, 0.25) is 0 Å². The Morgan fingerprint density at radius 3 is 2.03 bits per heavy atom. The van der Waals surface area contributed by atoms with Crippen molar-refractivity contribution in [1.82, 2.24) is 50.8 Å². The van der Waals surface area contributed by atoms with Gasteiger partial charge in [0.2, 0.25) is 23.6 Å². The molecule has 3 fully saturated rings. The molecule has 5 N–H and O–H groups in total. The summed E-state index contributed by atoms with van der Waals surface area (Å²) in [5, 5.41) is 55.9.